The van der Waals surface area contributed by atoms with E-state index in [2.05, 4.69) is 10.6 Å². The van der Waals surface area contributed by atoms with Gasteiger partial charge in [-0.1, -0.05) is 0 Å². The minimum absolute atomic E-state index is 0.0230. The van der Waals surface area contributed by atoms with Gasteiger partial charge in [-0.05, 0) is 32.2 Å². The van der Waals surface area contributed by atoms with Gasteiger partial charge in [0, 0.05) is 25.7 Å². The number of nitrogens with zero attached hydrogens (tertiary/aromatic N) is 1. The Bertz CT molecular complexity index is 314. The quantitative estimate of drug-likeness (QED) is 0.660. The van der Waals surface area contributed by atoms with Gasteiger partial charge in [0.15, 0.2) is 0 Å². The molecule has 1 heterocycles. The Kier molecular flexibility index (Phi) is 4.41. The van der Waals surface area contributed by atoms with Crippen LogP contribution in [0.2, 0.25) is 0 Å². The molecule has 1 aliphatic carbocycles. The second kappa shape index (κ2) is 6.04. The summed E-state index contributed by atoms with van der Waals surface area (Å²) in [6, 6.07) is -0.0236. The number of hydrogen-bond acceptors (Lipinski definition) is 3. The van der Waals surface area contributed by atoms with Gasteiger partial charge in [-0.2, -0.15) is 0 Å². The van der Waals surface area contributed by atoms with Gasteiger partial charge < -0.3 is 20.6 Å². The van der Waals surface area contributed by atoms with Gasteiger partial charge in [-0.3, -0.25) is 4.79 Å². The molecule has 0 bridgehead atoms. The van der Waals surface area contributed by atoms with Crippen LogP contribution in [0.4, 0.5) is 4.79 Å². The molecule has 1 saturated heterocycles. The number of nitrogens with one attached hydrogen (secondary N) is 2. The van der Waals surface area contributed by atoms with E-state index in [1.165, 1.54) is 0 Å². The van der Waals surface area contributed by atoms with E-state index in [1.807, 2.05) is 4.90 Å². The number of carbonyl (C=O) groups is 2. The Morgan fingerprint density at radius 3 is 2.78 bits per heavy atom. The summed E-state index contributed by atoms with van der Waals surface area (Å²) >= 11 is 0. The lowest BCUT2D eigenvalue weighted by Crippen LogP contribution is -2.45. The molecule has 2 fully saturated rings. The number of aliphatic carboxylic acids is 1. The summed E-state index contributed by atoms with van der Waals surface area (Å²) in [6.45, 7) is 3.28. The average molecular weight is 255 g/mol. The third-order valence-electron chi connectivity index (χ3n) is 3.74. The van der Waals surface area contributed by atoms with Crippen LogP contribution in [0, 0.1) is 5.92 Å². The van der Waals surface area contributed by atoms with Gasteiger partial charge in [-0.15, -0.1) is 0 Å². The van der Waals surface area contributed by atoms with Crippen LogP contribution >= 0.6 is 0 Å². The van der Waals surface area contributed by atoms with Crippen LogP contribution in [0.15, 0.2) is 0 Å². The number of rotatable bonds is 2. The first-order valence-electron chi connectivity index (χ1n) is 6.66. The van der Waals surface area contributed by atoms with Crippen LogP contribution < -0.4 is 10.6 Å². The van der Waals surface area contributed by atoms with Gasteiger partial charge in [0.2, 0.25) is 0 Å². The van der Waals surface area contributed by atoms with Crippen molar-refractivity contribution in [2.45, 2.75) is 31.7 Å². The zero-order chi connectivity index (χ0) is 13.0. The molecule has 6 heteroatoms. The molecule has 2 amide bonds. The molecule has 102 valence electrons. The second-order valence-electron chi connectivity index (χ2n) is 5.09. The molecule has 0 aromatic carbocycles. The fraction of sp³-hybridized carbons (Fsp3) is 0.833. The Hall–Kier alpha value is -1.30. The van der Waals surface area contributed by atoms with E-state index in [0.29, 0.717) is 12.8 Å². The summed E-state index contributed by atoms with van der Waals surface area (Å²) in [6.07, 6.45) is 2.97. The van der Waals surface area contributed by atoms with Crippen molar-refractivity contribution in [2.24, 2.45) is 5.92 Å². The maximum absolute atomic E-state index is 12.0. The van der Waals surface area contributed by atoms with Gasteiger partial charge in [0.05, 0.1) is 5.92 Å². The lowest BCUT2D eigenvalue weighted by Gasteiger charge is -2.23. The minimum Gasteiger partial charge on any atom is -0.481 e. The molecule has 2 aliphatic rings. The summed E-state index contributed by atoms with van der Waals surface area (Å²) in [5.41, 5.74) is 0. The molecular weight excluding hydrogens is 234 g/mol. The van der Waals surface area contributed by atoms with Crippen molar-refractivity contribution in [1.29, 1.82) is 0 Å². The van der Waals surface area contributed by atoms with E-state index in [-0.39, 0.29) is 18.0 Å². The molecule has 0 aromatic rings. The molecule has 2 unspecified atom stereocenters. The van der Waals surface area contributed by atoms with E-state index in [9.17, 15) is 9.59 Å². The predicted octanol–water partition coefficient (Wildman–Crippen LogP) is 0.245. The molecule has 1 aliphatic heterocycles. The van der Waals surface area contributed by atoms with E-state index in [1.54, 1.807) is 0 Å². The summed E-state index contributed by atoms with van der Waals surface area (Å²) in [5, 5.41) is 15.1. The lowest BCUT2D eigenvalue weighted by molar-refractivity contribution is -0.141. The van der Waals surface area contributed by atoms with Gasteiger partial charge >= 0.3 is 12.0 Å². The van der Waals surface area contributed by atoms with Gasteiger partial charge in [0.25, 0.3) is 0 Å². The highest BCUT2D eigenvalue weighted by molar-refractivity contribution is 5.75. The standard InChI is InChI=1S/C12H21N3O3/c16-11(17)9-2-3-10(8-9)14-12(18)15-6-1-4-13-5-7-15/h9-10,13H,1-8H2,(H,14,18)(H,16,17). The highest BCUT2D eigenvalue weighted by Crippen LogP contribution is 2.25. The molecular formula is C12H21N3O3. The number of hydrogen-bond donors (Lipinski definition) is 3. The van der Waals surface area contributed by atoms with E-state index in [4.69, 9.17) is 5.11 Å². The fourth-order valence-corrected chi connectivity index (χ4v) is 2.65. The van der Waals surface area contributed by atoms with Crippen LogP contribution in [0.1, 0.15) is 25.7 Å². The third-order valence-corrected chi connectivity index (χ3v) is 3.74. The topological polar surface area (TPSA) is 81.7 Å². The zero-order valence-electron chi connectivity index (χ0n) is 10.5. The Balaban J connectivity index is 1.78. The van der Waals surface area contributed by atoms with Gasteiger partial charge in [-0.25, -0.2) is 4.79 Å². The smallest absolute Gasteiger partial charge is 0.317 e. The molecule has 0 aromatic heterocycles. The Labute approximate surface area is 107 Å². The van der Waals surface area contributed by atoms with Crippen LogP contribution in [0.25, 0.3) is 0 Å². The molecule has 0 radical (unpaired) electrons. The van der Waals surface area contributed by atoms with Crippen molar-refractivity contribution >= 4 is 12.0 Å². The molecule has 0 spiro atoms. The molecule has 3 N–H and O–H groups in total. The van der Waals surface area contributed by atoms with Crippen molar-refractivity contribution in [2.75, 3.05) is 26.2 Å². The minimum atomic E-state index is -0.745. The monoisotopic (exact) mass is 255 g/mol. The first-order chi connectivity index (χ1) is 8.66. The molecule has 18 heavy (non-hydrogen) atoms. The Morgan fingerprint density at radius 1 is 1.22 bits per heavy atom. The Morgan fingerprint density at radius 2 is 2.06 bits per heavy atom. The van der Waals surface area contributed by atoms with E-state index < -0.39 is 5.97 Å². The third kappa shape index (κ3) is 3.35. The highest BCUT2D eigenvalue weighted by atomic mass is 16.4. The van der Waals surface area contributed by atoms with Crippen LogP contribution in [-0.4, -0.2) is 54.2 Å². The maximum Gasteiger partial charge on any atom is 0.317 e. The number of amides is 2. The van der Waals surface area contributed by atoms with Gasteiger partial charge in [0.1, 0.15) is 0 Å². The predicted molar refractivity (Wildman–Crippen MR) is 66.4 cm³/mol. The molecule has 2 atom stereocenters. The largest absolute Gasteiger partial charge is 0.481 e. The number of carboxylic acid groups (broad SMARTS) is 1. The summed E-state index contributed by atoms with van der Waals surface area (Å²) in [4.78, 5) is 24.7. The number of carboxylic acids is 1. The number of urea groups is 1. The average Bonchev–Trinajstić information content (AvgIpc) is 2.64. The first-order valence-corrected chi connectivity index (χ1v) is 6.66. The van der Waals surface area contributed by atoms with Crippen molar-refractivity contribution < 1.29 is 14.7 Å². The van der Waals surface area contributed by atoms with Crippen molar-refractivity contribution in [3.63, 3.8) is 0 Å². The molecule has 1 saturated carbocycles. The van der Waals surface area contributed by atoms with Crippen molar-refractivity contribution in [1.82, 2.24) is 15.5 Å². The van der Waals surface area contributed by atoms with Crippen LogP contribution in [-0.2, 0) is 4.79 Å². The van der Waals surface area contributed by atoms with E-state index >= 15 is 0 Å². The number of carbonyl (C=O) groups excluding carboxylic acids is 1. The summed E-state index contributed by atoms with van der Waals surface area (Å²) in [7, 11) is 0. The lowest BCUT2D eigenvalue weighted by atomic mass is 10.1. The first kappa shape index (κ1) is 13.1. The summed E-state index contributed by atoms with van der Waals surface area (Å²) in [5.74, 6) is -1.04. The van der Waals surface area contributed by atoms with Crippen LogP contribution in [0.3, 0.4) is 0 Å². The SMILES string of the molecule is O=C(O)C1CCC(NC(=O)N2CCCNCC2)C1. The van der Waals surface area contributed by atoms with Crippen molar-refractivity contribution in [3.05, 3.63) is 0 Å². The van der Waals surface area contributed by atoms with Crippen LogP contribution in [0.5, 0.6) is 0 Å². The fourth-order valence-electron chi connectivity index (χ4n) is 2.65. The zero-order valence-corrected chi connectivity index (χ0v) is 10.5. The molecule has 2 rings (SSSR count). The summed E-state index contributed by atoms with van der Waals surface area (Å²) < 4.78 is 0. The van der Waals surface area contributed by atoms with E-state index in [0.717, 1.165) is 39.0 Å². The maximum atomic E-state index is 12.0. The van der Waals surface area contributed by atoms with Crippen molar-refractivity contribution in [3.8, 4) is 0 Å². The second-order valence-corrected chi connectivity index (χ2v) is 5.09. The molecule has 6 nitrogen and oxygen atoms in total. The highest BCUT2D eigenvalue weighted by Gasteiger charge is 2.31. The normalized spacial score (nSPS) is 28.8.